The molecule has 1 saturated carbocycles. The Morgan fingerprint density at radius 3 is 2.14 bits per heavy atom. The highest BCUT2D eigenvalue weighted by Crippen LogP contribution is 2.37. The van der Waals surface area contributed by atoms with E-state index in [1.807, 2.05) is 20.8 Å². The second kappa shape index (κ2) is 31.9. The molecule has 1 aromatic rings. The first-order chi connectivity index (χ1) is 39.3. The molecule has 5 rings (SSSR count). The molecule has 462 valence electrons. The topological polar surface area (TPSA) is 312 Å². The second-order valence-electron chi connectivity index (χ2n) is 23.3. The van der Waals surface area contributed by atoms with Crippen molar-refractivity contribution in [1.82, 2.24) is 36.0 Å². The first-order valence-electron chi connectivity index (χ1n) is 29.3. The van der Waals surface area contributed by atoms with E-state index in [2.05, 4.69) is 26.0 Å². The number of fused-ring (bicyclic) bond motifs is 3. The number of ketones is 1. The first-order valence-corrected chi connectivity index (χ1v) is 29.3. The Balaban J connectivity index is 1.40. The number of amides is 7. The summed E-state index contributed by atoms with van der Waals surface area (Å²) in [5.41, 5.74) is 0.714. The molecule has 1 aliphatic carbocycles. The molecule has 4 aliphatic rings. The van der Waals surface area contributed by atoms with Gasteiger partial charge in [0.1, 0.15) is 36.4 Å². The van der Waals surface area contributed by atoms with Crippen LogP contribution < -0.4 is 21.3 Å². The first kappa shape index (κ1) is 67.3. The van der Waals surface area contributed by atoms with Gasteiger partial charge in [-0.25, -0.2) is 4.79 Å². The number of nitrogens with zero attached hydrogens (tertiary/aromatic N) is 3. The van der Waals surface area contributed by atoms with Crippen molar-refractivity contribution in [2.75, 3.05) is 54.5 Å². The SMILES string of the molecule is COC(=O)CCC(=O)OC1CC[C@@H](C[C@@H](C)[C@@H]2CC(=O)NCCNC(=O)CN(C)C(=O)[C@H](Cc3ccccc3)NC(=O)[C@H](CC(C)C)N(C)C(=O)[C@H](C)NC(=O)CC[C@@H]3CC[C@@H](C)[C@@](O)(O3)C(=O)C(=O)N3CCCC[C@H]3C(=O)O2)C[C@H]1OC. The number of rotatable bonds is 12. The number of hydrogen-bond donors (Lipinski definition) is 5. The summed E-state index contributed by atoms with van der Waals surface area (Å²) in [4.78, 5) is 154. The van der Waals surface area contributed by atoms with Crippen molar-refractivity contribution in [2.45, 2.75) is 192 Å². The van der Waals surface area contributed by atoms with Crippen LogP contribution in [0.3, 0.4) is 0 Å². The van der Waals surface area contributed by atoms with Crippen LogP contribution in [0.25, 0.3) is 0 Å². The zero-order chi connectivity index (χ0) is 61.1. The lowest BCUT2D eigenvalue weighted by Crippen LogP contribution is -2.60. The Morgan fingerprint density at radius 1 is 0.783 bits per heavy atom. The van der Waals surface area contributed by atoms with Gasteiger partial charge >= 0.3 is 17.9 Å². The molecular weight excluding hydrogens is 1080 g/mol. The van der Waals surface area contributed by atoms with E-state index in [1.54, 1.807) is 37.3 Å². The fraction of sp³-hybridized carbons (Fsp3) is 0.712. The molecule has 3 saturated heterocycles. The van der Waals surface area contributed by atoms with Gasteiger partial charge in [-0.1, -0.05) is 58.0 Å². The van der Waals surface area contributed by atoms with Gasteiger partial charge in [-0.3, -0.25) is 47.9 Å². The van der Waals surface area contributed by atoms with Gasteiger partial charge in [-0.05, 0) is 101 Å². The van der Waals surface area contributed by atoms with Crippen LogP contribution in [0.1, 0.15) is 136 Å². The van der Waals surface area contributed by atoms with Crippen LogP contribution in [-0.2, 0) is 82.8 Å². The molecule has 2 bridgehead atoms. The fourth-order valence-electron chi connectivity index (χ4n) is 11.4. The number of methoxy groups -OCH3 is 2. The highest BCUT2D eigenvalue weighted by atomic mass is 16.6. The molecule has 0 aromatic heterocycles. The summed E-state index contributed by atoms with van der Waals surface area (Å²) in [5, 5.41) is 23.0. The van der Waals surface area contributed by atoms with Crippen molar-refractivity contribution in [3.8, 4) is 0 Å². The summed E-state index contributed by atoms with van der Waals surface area (Å²) in [5.74, 6) is -12.0. The normalized spacial score (nSPS) is 29.9. The third-order valence-corrected chi connectivity index (χ3v) is 16.3. The average Bonchev–Trinajstić information content (AvgIpc) is 3.32. The molecule has 24 heteroatoms. The number of aliphatic hydroxyl groups is 1. The van der Waals surface area contributed by atoms with E-state index in [9.17, 15) is 57.8 Å². The van der Waals surface area contributed by atoms with Gasteiger partial charge in [0.2, 0.25) is 41.2 Å². The maximum Gasteiger partial charge on any atom is 0.329 e. The smallest absolute Gasteiger partial charge is 0.329 e. The third-order valence-electron chi connectivity index (χ3n) is 16.3. The van der Waals surface area contributed by atoms with Gasteiger partial charge in [0.25, 0.3) is 11.7 Å². The summed E-state index contributed by atoms with van der Waals surface area (Å²) < 4.78 is 28.3. The number of hydrogen-bond acceptors (Lipinski definition) is 17. The minimum Gasteiger partial charge on any atom is -0.469 e. The number of nitrogens with one attached hydrogen (secondary N) is 4. The number of Topliss-reactive ketones (excluding diaryl/α,β-unsaturated/α-hetero) is 1. The number of carbonyl (C=O) groups is 11. The minimum atomic E-state index is -2.62. The summed E-state index contributed by atoms with van der Waals surface area (Å²) >= 11 is 0. The van der Waals surface area contributed by atoms with Crippen molar-refractivity contribution in [3.63, 3.8) is 0 Å². The van der Waals surface area contributed by atoms with Gasteiger partial charge in [0.05, 0.1) is 45.1 Å². The highest BCUT2D eigenvalue weighted by Gasteiger charge is 2.53. The number of cyclic esters (lactones) is 1. The van der Waals surface area contributed by atoms with E-state index in [0.29, 0.717) is 50.5 Å². The van der Waals surface area contributed by atoms with Crippen molar-refractivity contribution >= 4 is 65.0 Å². The molecule has 7 amide bonds. The van der Waals surface area contributed by atoms with Crippen molar-refractivity contribution in [1.29, 1.82) is 0 Å². The Labute approximate surface area is 486 Å². The maximum atomic E-state index is 14.5. The second-order valence-corrected chi connectivity index (χ2v) is 23.3. The van der Waals surface area contributed by atoms with Gasteiger partial charge in [-0.15, -0.1) is 0 Å². The Morgan fingerprint density at radius 2 is 1.47 bits per heavy atom. The molecule has 0 spiro atoms. The quantitative estimate of drug-likeness (QED) is 0.114. The monoisotopic (exact) mass is 1170 g/mol. The van der Waals surface area contributed by atoms with Gasteiger partial charge in [-0.2, -0.15) is 0 Å². The zero-order valence-electron chi connectivity index (χ0n) is 49.8. The van der Waals surface area contributed by atoms with Crippen LogP contribution in [0.4, 0.5) is 0 Å². The molecule has 12 atom stereocenters. The molecule has 3 heterocycles. The predicted octanol–water partition coefficient (Wildman–Crippen LogP) is 2.04. The largest absolute Gasteiger partial charge is 0.469 e. The van der Waals surface area contributed by atoms with E-state index in [-0.39, 0.29) is 89.3 Å². The summed E-state index contributed by atoms with van der Waals surface area (Å²) in [6.07, 6.45) is -0.114. The average molecular weight is 1170 g/mol. The number of benzene rings is 1. The fourth-order valence-corrected chi connectivity index (χ4v) is 11.4. The van der Waals surface area contributed by atoms with Crippen molar-refractivity contribution < 1.29 is 81.5 Å². The van der Waals surface area contributed by atoms with Gasteiger partial charge in [0.15, 0.2) is 0 Å². The number of piperidine rings is 1. The van der Waals surface area contributed by atoms with Crippen LogP contribution in [0, 0.1) is 23.7 Å². The molecule has 0 radical (unpaired) electrons. The number of likely N-dealkylation sites (N-methyl/N-ethyl adjacent to an activating group) is 2. The molecular formula is C59H89N7O17. The van der Waals surface area contributed by atoms with Gasteiger partial charge in [0, 0.05) is 59.6 Å². The molecule has 1 unspecified atom stereocenters. The molecule has 24 nitrogen and oxygen atoms in total. The van der Waals surface area contributed by atoms with Crippen molar-refractivity contribution in [3.05, 3.63) is 35.9 Å². The number of esters is 3. The number of carbonyl (C=O) groups excluding carboxylic acids is 11. The van der Waals surface area contributed by atoms with Crippen LogP contribution in [-0.4, -0.2) is 194 Å². The third kappa shape index (κ3) is 19.5. The van der Waals surface area contributed by atoms with Crippen molar-refractivity contribution in [2.24, 2.45) is 23.7 Å². The molecule has 4 fully saturated rings. The molecule has 5 N–H and O–H groups in total. The molecule has 3 aliphatic heterocycles. The Hall–Kier alpha value is -6.53. The Bertz CT molecular complexity index is 2440. The van der Waals surface area contributed by atoms with Gasteiger partial charge < -0.3 is 64.8 Å². The van der Waals surface area contributed by atoms with Crippen LogP contribution in [0.5, 0.6) is 0 Å². The lowest BCUT2D eigenvalue weighted by Gasteiger charge is -2.42. The van der Waals surface area contributed by atoms with E-state index in [4.69, 9.17) is 18.9 Å². The summed E-state index contributed by atoms with van der Waals surface area (Å²) in [6, 6.07) is 4.31. The summed E-state index contributed by atoms with van der Waals surface area (Å²) in [6.45, 7) is 8.03. The van der Waals surface area contributed by atoms with Crippen LogP contribution in [0.15, 0.2) is 30.3 Å². The standard InChI is InChI=1S/C59H89N7O17/c1-35(2)29-44-54(73)63-42(31-39-15-11-10-12-16-39)56(75)64(6)34-50(69)61-27-26-60-49(68)33-46(36(3)30-40-19-22-45(47(32-40)79-8)81-52(71)25-24-51(70)80-9)82-58(77)43-17-13-14-28-66(43)57(76)53(72)59(78)37(4)18-20-41(83-59)21-23-48(67)62-38(5)55(74)65(44)7/h10-12,15-16,35-38,40-47,78H,13-14,17-34H2,1-9H3,(H,60,68)(H,61,69)(H,62,67)(H,63,73)/t36-,37-,38+,40+,41+,42+,43+,44+,45?,46+,47-,59-/m1/s1. The zero-order valence-corrected chi connectivity index (χ0v) is 49.8. The van der Waals surface area contributed by atoms with E-state index in [0.717, 1.165) is 4.90 Å². The van der Waals surface area contributed by atoms with E-state index in [1.165, 1.54) is 45.0 Å². The van der Waals surface area contributed by atoms with Crippen LogP contribution in [0.2, 0.25) is 0 Å². The number of ether oxygens (including phenoxy) is 5. The van der Waals surface area contributed by atoms with E-state index >= 15 is 0 Å². The molecule has 1 aromatic carbocycles. The Kier molecular flexibility index (Phi) is 25.9. The van der Waals surface area contributed by atoms with Crippen LogP contribution >= 0.6 is 0 Å². The molecule has 83 heavy (non-hydrogen) atoms. The lowest BCUT2D eigenvalue weighted by atomic mass is 9.78. The lowest BCUT2D eigenvalue weighted by molar-refractivity contribution is -0.263. The predicted molar refractivity (Wildman–Crippen MR) is 299 cm³/mol. The minimum absolute atomic E-state index is 0.00425. The highest BCUT2D eigenvalue weighted by molar-refractivity contribution is 6.39. The van der Waals surface area contributed by atoms with E-state index < -0.39 is 138 Å². The summed E-state index contributed by atoms with van der Waals surface area (Å²) in [7, 11) is 5.59. The maximum absolute atomic E-state index is 14.5.